The number of amides is 1. The molecule has 1 saturated heterocycles. The lowest BCUT2D eigenvalue weighted by molar-refractivity contribution is -0.135. The number of benzene rings is 1. The highest BCUT2D eigenvalue weighted by atomic mass is 35.5. The van der Waals surface area contributed by atoms with Crippen molar-refractivity contribution in [1.82, 2.24) is 19.9 Å². The molecular weight excluding hydrogens is 400 g/mol. The first-order chi connectivity index (χ1) is 14.4. The second-order valence-corrected chi connectivity index (χ2v) is 8.43. The summed E-state index contributed by atoms with van der Waals surface area (Å²) in [6.07, 6.45) is 5.58. The van der Waals surface area contributed by atoms with Crippen LogP contribution in [0.5, 0.6) is 5.75 Å². The van der Waals surface area contributed by atoms with E-state index in [-0.39, 0.29) is 5.91 Å². The van der Waals surface area contributed by atoms with Gasteiger partial charge in [0.15, 0.2) is 0 Å². The van der Waals surface area contributed by atoms with Crippen molar-refractivity contribution < 1.29 is 9.53 Å². The molecule has 0 spiro atoms. The zero-order valence-electron chi connectivity index (χ0n) is 17.4. The molecule has 2 aromatic heterocycles. The molecule has 3 heterocycles. The Hall–Kier alpha value is -2.86. The smallest absolute Gasteiger partial charge is 0.235 e. The molecule has 1 fully saturated rings. The molecule has 0 unspecified atom stereocenters. The minimum absolute atomic E-state index is 0.0928. The zero-order valence-corrected chi connectivity index (χ0v) is 18.2. The number of ether oxygens (including phenoxy) is 1. The van der Waals surface area contributed by atoms with Gasteiger partial charge in [-0.15, -0.1) is 0 Å². The van der Waals surface area contributed by atoms with Gasteiger partial charge in [0.1, 0.15) is 17.0 Å². The van der Waals surface area contributed by atoms with E-state index in [0.29, 0.717) is 16.6 Å². The average molecular weight is 425 g/mol. The van der Waals surface area contributed by atoms with Crippen molar-refractivity contribution >= 4 is 17.5 Å². The molecule has 1 aliphatic heterocycles. The van der Waals surface area contributed by atoms with Gasteiger partial charge in [0.2, 0.25) is 5.91 Å². The van der Waals surface area contributed by atoms with Crippen molar-refractivity contribution in [2.24, 2.45) is 0 Å². The van der Waals surface area contributed by atoms with Gasteiger partial charge in [-0.3, -0.25) is 9.78 Å². The molecule has 1 aliphatic rings. The van der Waals surface area contributed by atoms with E-state index in [1.54, 1.807) is 25.6 Å². The number of carbonyl (C=O) groups excluding carboxylic acids is 1. The Morgan fingerprint density at radius 1 is 1.13 bits per heavy atom. The van der Waals surface area contributed by atoms with E-state index in [0.717, 1.165) is 48.4 Å². The lowest BCUT2D eigenvalue weighted by atomic mass is 9.90. The first kappa shape index (κ1) is 20.4. The summed E-state index contributed by atoms with van der Waals surface area (Å²) in [5.74, 6) is 1.30. The summed E-state index contributed by atoms with van der Waals surface area (Å²) in [7, 11) is 1.59. The monoisotopic (exact) mass is 424 g/mol. The maximum Gasteiger partial charge on any atom is 0.235 e. The van der Waals surface area contributed by atoms with Crippen LogP contribution in [0.15, 0.2) is 42.7 Å². The van der Waals surface area contributed by atoms with Crippen LogP contribution in [0.25, 0.3) is 22.5 Å². The molecule has 1 aromatic carbocycles. The molecule has 0 atom stereocenters. The minimum atomic E-state index is -0.777. The normalized spacial score (nSPS) is 14.2. The molecular formula is C23H25ClN4O2. The third-order valence-corrected chi connectivity index (χ3v) is 5.93. The van der Waals surface area contributed by atoms with Gasteiger partial charge < -0.3 is 14.6 Å². The molecule has 30 heavy (non-hydrogen) atoms. The summed E-state index contributed by atoms with van der Waals surface area (Å²) in [5, 5.41) is 0.534. The van der Waals surface area contributed by atoms with Crippen molar-refractivity contribution in [3.63, 3.8) is 0 Å². The van der Waals surface area contributed by atoms with Gasteiger partial charge in [0.25, 0.3) is 0 Å². The molecule has 1 amide bonds. The van der Waals surface area contributed by atoms with E-state index in [9.17, 15) is 4.79 Å². The largest absolute Gasteiger partial charge is 0.495 e. The summed E-state index contributed by atoms with van der Waals surface area (Å²) in [6.45, 7) is 5.47. The fourth-order valence-electron chi connectivity index (χ4n) is 3.83. The van der Waals surface area contributed by atoms with E-state index >= 15 is 0 Å². The Kier molecular flexibility index (Phi) is 5.52. The topological polar surface area (TPSA) is 71.1 Å². The van der Waals surface area contributed by atoms with E-state index in [1.165, 1.54) is 0 Å². The number of H-pyrrole nitrogens is 1. The SMILES string of the molecule is COc1cc(-c2nc(C(C)(C)C(=O)N3CCCC3)[nH]c2-c2ccncc2)ccc1Cl. The van der Waals surface area contributed by atoms with Gasteiger partial charge in [0.05, 0.1) is 23.5 Å². The van der Waals surface area contributed by atoms with Crippen LogP contribution in [-0.2, 0) is 10.2 Å². The standard InChI is InChI=1S/C23H25ClN4O2/c1-23(2,22(29)28-12-4-5-13-28)21-26-19(15-8-10-25-11-9-15)20(27-21)16-6-7-17(24)18(14-16)30-3/h6-11,14H,4-5,12-13H2,1-3H3,(H,26,27). The number of hydrogen-bond acceptors (Lipinski definition) is 4. The number of nitrogens with zero attached hydrogens (tertiary/aromatic N) is 3. The first-order valence-electron chi connectivity index (χ1n) is 10.1. The maximum absolute atomic E-state index is 13.2. The number of nitrogens with one attached hydrogen (secondary N) is 1. The summed E-state index contributed by atoms with van der Waals surface area (Å²) in [5.41, 5.74) is 2.60. The predicted molar refractivity (Wildman–Crippen MR) is 118 cm³/mol. The molecule has 6 nitrogen and oxygen atoms in total. The summed E-state index contributed by atoms with van der Waals surface area (Å²) in [6, 6.07) is 9.40. The highest BCUT2D eigenvalue weighted by Gasteiger charge is 2.38. The zero-order chi connectivity index (χ0) is 21.3. The predicted octanol–water partition coefficient (Wildman–Crippen LogP) is 4.70. The molecule has 4 rings (SSSR count). The average Bonchev–Trinajstić information content (AvgIpc) is 3.45. The van der Waals surface area contributed by atoms with Crippen LogP contribution in [0.1, 0.15) is 32.5 Å². The van der Waals surface area contributed by atoms with Gasteiger partial charge in [-0.2, -0.15) is 0 Å². The number of pyridine rings is 1. The van der Waals surface area contributed by atoms with E-state index < -0.39 is 5.41 Å². The van der Waals surface area contributed by atoms with Crippen molar-refractivity contribution in [2.45, 2.75) is 32.1 Å². The van der Waals surface area contributed by atoms with E-state index in [4.69, 9.17) is 21.3 Å². The number of imidazole rings is 1. The molecule has 0 saturated carbocycles. The van der Waals surface area contributed by atoms with Gasteiger partial charge in [0, 0.05) is 36.6 Å². The van der Waals surface area contributed by atoms with Crippen molar-refractivity contribution in [3.05, 3.63) is 53.6 Å². The molecule has 3 aromatic rings. The molecule has 156 valence electrons. The summed E-state index contributed by atoms with van der Waals surface area (Å²) >= 11 is 6.22. The van der Waals surface area contributed by atoms with Crippen molar-refractivity contribution in [1.29, 1.82) is 0 Å². The molecule has 7 heteroatoms. The number of aromatic nitrogens is 3. The third kappa shape index (κ3) is 3.67. The van der Waals surface area contributed by atoms with Crippen LogP contribution in [0.3, 0.4) is 0 Å². The van der Waals surface area contributed by atoms with Crippen molar-refractivity contribution in [2.75, 3.05) is 20.2 Å². The minimum Gasteiger partial charge on any atom is -0.495 e. The summed E-state index contributed by atoms with van der Waals surface area (Å²) in [4.78, 5) is 27.6. The van der Waals surface area contributed by atoms with Crippen molar-refractivity contribution in [3.8, 4) is 28.3 Å². The number of rotatable bonds is 5. The maximum atomic E-state index is 13.2. The Balaban J connectivity index is 1.83. The van der Waals surface area contributed by atoms with E-state index in [1.807, 2.05) is 43.0 Å². The second-order valence-electron chi connectivity index (χ2n) is 8.02. The first-order valence-corrected chi connectivity index (χ1v) is 10.4. The van der Waals surface area contributed by atoms with Crippen LogP contribution in [0, 0.1) is 0 Å². The molecule has 0 bridgehead atoms. The number of methoxy groups -OCH3 is 1. The third-order valence-electron chi connectivity index (χ3n) is 5.62. The Morgan fingerprint density at radius 3 is 2.50 bits per heavy atom. The molecule has 0 radical (unpaired) electrons. The highest BCUT2D eigenvalue weighted by Crippen LogP contribution is 2.37. The quantitative estimate of drug-likeness (QED) is 0.644. The van der Waals surface area contributed by atoms with Crippen LogP contribution in [0.4, 0.5) is 0 Å². The Labute approximate surface area is 181 Å². The number of hydrogen-bond donors (Lipinski definition) is 1. The highest BCUT2D eigenvalue weighted by molar-refractivity contribution is 6.32. The van der Waals surface area contributed by atoms with Gasteiger partial charge >= 0.3 is 0 Å². The van der Waals surface area contributed by atoms with Crippen LogP contribution < -0.4 is 4.74 Å². The van der Waals surface area contributed by atoms with Crippen LogP contribution >= 0.6 is 11.6 Å². The summed E-state index contributed by atoms with van der Waals surface area (Å²) < 4.78 is 5.39. The fourth-order valence-corrected chi connectivity index (χ4v) is 4.02. The van der Waals surface area contributed by atoms with E-state index in [2.05, 4.69) is 9.97 Å². The Morgan fingerprint density at radius 2 is 1.83 bits per heavy atom. The number of carbonyl (C=O) groups is 1. The number of likely N-dealkylation sites (tertiary alicyclic amines) is 1. The number of halogens is 1. The van der Waals surface area contributed by atoms with Crippen LogP contribution in [-0.4, -0.2) is 46.0 Å². The van der Waals surface area contributed by atoms with Gasteiger partial charge in [-0.1, -0.05) is 17.7 Å². The van der Waals surface area contributed by atoms with Crippen LogP contribution in [0.2, 0.25) is 5.02 Å². The molecule has 0 aliphatic carbocycles. The number of aromatic amines is 1. The lowest BCUT2D eigenvalue weighted by Gasteiger charge is -2.27. The second kappa shape index (κ2) is 8.11. The Bertz CT molecular complexity index is 1060. The van der Waals surface area contributed by atoms with Gasteiger partial charge in [-0.05, 0) is 51.0 Å². The molecule has 1 N–H and O–H groups in total. The van der Waals surface area contributed by atoms with Gasteiger partial charge in [-0.25, -0.2) is 4.98 Å². The lowest BCUT2D eigenvalue weighted by Crippen LogP contribution is -2.42. The fraction of sp³-hybridized carbons (Fsp3) is 0.348.